The monoisotopic (exact) mass is 1900 g/mol. The molecule has 144 heavy (non-hydrogen) atoms. The predicted molar refractivity (Wildman–Crippen MR) is 596 cm³/mol. The van der Waals surface area contributed by atoms with E-state index in [9.17, 15) is 0 Å². The Balaban J connectivity index is 0.520. The van der Waals surface area contributed by atoms with Gasteiger partial charge >= 0.3 is 0 Å². The minimum absolute atomic E-state index is 0.524. The molecule has 8 heteroatoms. The van der Waals surface area contributed by atoms with Crippen molar-refractivity contribution in [1.82, 2.24) is 0 Å². The van der Waals surface area contributed by atoms with Gasteiger partial charge in [-0.05, 0) is 296 Å². The highest BCUT2D eigenvalue weighted by molar-refractivity contribution is 7.99. The van der Waals surface area contributed by atoms with Gasteiger partial charge in [0, 0.05) is 116 Å². The number of hydrogen-bond acceptors (Lipinski definition) is 8. The average molecular weight is 1900 g/mol. The van der Waals surface area contributed by atoms with Crippen molar-refractivity contribution in [3.05, 3.63) is 574 Å². The zero-order chi connectivity index (χ0) is 94.0. The number of para-hydroxylation sites is 3. The number of thiophene rings is 2. The van der Waals surface area contributed by atoms with E-state index >= 15 is 0 Å². The van der Waals surface area contributed by atoms with Crippen LogP contribution in [-0.4, -0.2) is 0 Å². The molecule has 0 radical (unpaired) electrons. The van der Waals surface area contributed by atoms with E-state index in [2.05, 4.69) is 495 Å². The maximum Gasteiger partial charge on any atom is 0.132 e. The van der Waals surface area contributed by atoms with Crippen LogP contribution in [0, 0.1) is 0 Å². The summed E-state index contributed by atoms with van der Waals surface area (Å²) in [7, 11) is 0. The molecule has 22 aromatic carbocycles. The lowest BCUT2D eigenvalue weighted by atomic mass is 9.66. The van der Waals surface area contributed by atoms with Gasteiger partial charge in [-0.1, -0.05) is 357 Å². The van der Waals surface area contributed by atoms with E-state index in [1.165, 1.54) is 188 Å². The Kier molecular flexibility index (Phi) is 17.1. The smallest absolute Gasteiger partial charge is 0.132 e. The summed E-state index contributed by atoms with van der Waals surface area (Å²) in [5, 5.41) is 5.03. The van der Waals surface area contributed by atoms with Crippen LogP contribution < -0.4 is 19.3 Å². The van der Waals surface area contributed by atoms with Crippen molar-refractivity contribution in [3.63, 3.8) is 0 Å². The topological polar surface area (TPSA) is 24.9 Å². The van der Waals surface area contributed by atoms with Crippen molar-refractivity contribution in [2.24, 2.45) is 0 Å². The minimum atomic E-state index is -0.785. The number of nitrogens with zero attached hydrogens (tertiary/aromatic N) is 2. The maximum absolute atomic E-state index is 7.44. The van der Waals surface area contributed by atoms with E-state index in [4.69, 9.17) is 9.47 Å². The molecule has 4 aliphatic heterocycles. The molecule has 1 atom stereocenters. The molecule has 0 saturated heterocycles. The lowest BCUT2D eigenvalue weighted by Crippen LogP contribution is -2.32. The summed E-state index contributed by atoms with van der Waals surface area (Å²) in [6.07, 6.45) is 0. The van der Waals surface area contributed by atoms with E-state index in [1.54, 1.807) is 0 Å². The molecule has 32 rings (SSSR count). The van der Waals surface area contributed by atoms with Crippen molar-refractivity contribution in [1.29, 1.82) is 0 Å². The number of benzene rings is 22. The first kappa shape index (κ1) is 80.9. The molecule has 4 aliphatic carbocycles. The van der Waals surface area contributed by atoms with E-state index in [-0.39, 0.29) is 0 Å². The molecule has 0 amide bonds. The second-order valence-corrected chi connectivity index (χ2v) is 43.6. The Morgan fingerprint density at radius 3 is 0.944 bits per heavy atom. The lowest BCUT2D eigenvalue weighted by molar-refractivity contribution is 0.436. The molecule has 4 spiro atoms. The summed E-state index contributed by atoms with van der Waals surface area (Å²) in [5.41, 5.74) is 40.5. The quantitative estimate of drug-likeness (QED) is 0.143. The van der Waals surface area contributed by atoms with Crippen LogP contribution in [0.4, 0.5) is 34.1 Å². The van der Waals surface area contributed by atoms with E-state index in [1.807, 2.05) is 46.2 Å². The number of anilines is 6. The van der Waals surface area contributed by atoms with Crippen LogP contribution >= 0.6 is 46.2 Å². The summed E-state index contributed by atoms with van der Waals surface area (Å²) in [6.45, 7) is 0. The fourth-order valence-electron chi connectivity index (χ4n) is 26.8. The summed E-state index contributed by atoms with van der Waals surface area (Å²) in [4.78, 5) is 10.2. The van der Waals surface area contributed by atoms with E-state index in [0.29, 0.717) is 0 Å². The van der Waals surface area contributed by atoms with Crippen LogP contribution in [-0.2, 0) is 21.7 Å². The van der Waals surface area contributed by atoms with Crippen molar-refractivity contribution in [2.45, 2.75) is 41.2 Å². The molecular weight excluding hydrogens is 1820 g/mol. The fourth-order valence-corrected chi connectivity index (χ4v) is 31.5. The van der Waals surface area contributed by atoms with Gasteiger partial charge in [-0.3, -0.25) is 0 Å². The Morgan fingerprint density at radius 1 is 0.160 bits per heavy atom. The van der Waals surface area contributed by atoms with Crippen LogP contribution in [0.25, 0.3) is 118 Å². The van der Waals surface area contributed by atoms with E-state index < -0.39 is 21.7 Å². The molecule has 0 saturated carbocycles. The average Bonchev–Trinajstić information content (AvgIpc) is 1.53. The van der Waals surface area contributed by atoms with Gasteiger partial charge in [0.1, 0.15) is 23.0 Å². The summed E-state index contributed by atoms with van der Waals surface area (Å²) in [5.74, 6) is 3.42. The highest BCUT2D eigenvalue weighted by atomic mass is 32.2. The normalized spacial score (nSPS) is 15.2. The first-order valence-electron chi connectivity index (χ1n) is 49.5. The van der Waals surface area contributed by atoms with Crippen molar-refractivity contribution in [3.8, 4) is 101 Å². The van der Waals surface area contributed by atoms with Crippen LogP contribution in [0.5, 0.6) is 23.0 Å². The van der Waals surface area contributed by atoms with Crippen molar-refractivity contribution in [2.75, 3.05) is 9.80 Å². The number of ether oxygens (including phenoxy) is 2. The second-order valence-electron chi connectivity index (χ2n) is 39.3. The first-order valence-corrected chi connectivity index (χ1v) is 52.8. The SMILES string of the molecule is c1ccc2c(c1)Oc1ccccc1C21c2ccccc2-c2ccc(N(c3ccc(-c4cccc5c4sc4ccc(-c6ccc7c(c6)Oc6ccccc6C76c7ccccc7-c7ccc(N(c8ccc(-c9ccc%10sc%11ccccc%11c%10c9)cc8)c8ccc9c(c8)-c8ccccc8C98c9ccccc9Sc9ccccc98)cc76)cc45)cc3)c3ccc4c(c3)-c3ccccc3C43c4ccccc4Sc4ccccc43)cc21. The number of hydrogen-bond donors (Lipinski definition) is 0. The van der Waals surface area contributed by atoms with Crippen LogP contribution in [0.15, 0.2) is 505 Å². The second kappa shape index (κ2) is 30.4. The molecule has 4 nitrogen and oxygen atoms in total. The standard InChI is InChI=1S/C136H80N2O2S4/c1-6-33-105-93(26-1)97-67-63-90(79-119(97)135(105)111-37-10-17-44-121(111)139-122-45-18-11-38-112(122)135)138(89-66-71-110-102(78-89)96-29-4-9-36-108(96)134(110)117-42-15-23-50-130(117)143-131-51-24-16-43-118(131)134)87-61-54-82(55-62-87)92-31-25-32-100-104-75-84(58-73-127(104)144-132(92)100)85-56-69-114-124(76-85)140-123-46-19-12-39-113(123)136(114)106-34-7-2-27-94(106)98-68-64-91(80-120(98)136)137(86-59-52-81(53-60-86)83-57-72-126-103(74-83)99-30-5-20-47-125(99)141-126)88-65-70-109-101(77-88)95-28-3-8-35-107(95)133(109)115-40-13-21-48-128(115)142-129-49-22-14-41-116(129)133/h1-80H. The molecular formula is C136H80N2O2S4. The summed E-state index contributed by atoms with van der Waals surface area (Å²) in [6, 6.07) is 184. The molecule has 1 unspecified atom stereocenters. The van der Waals surface area contributed by atoms with Crippen LogP contribution in [0.3, 0.4) is 0 Å². The van der Waals surface area contributed by atoms with Gasteiger partial charge in [0.2, 0.25) is 0 Å². The highest BCUT2D eigenvalue weighted by Gasteiger charge is 2.56. The zero-order valence-corrected chi connectivity index (χ0v) is 80.8. The minimum Gasteiger partial charge on any atom is -0.457 e. The zero-order valence-electron chi connectivity index (χ0n) is 77.5. The summed E-state index contributed by atoms with van der Waals surface area (Å²) >= 11 is 7.50. The van der Waals surface area contributed by atoms with E-state index in [0.717, 1.165) is 96.1 Å². The maximum atomic E-state index is 7.44. The molecule has 0 N–H and O–H groups in total. The third-order valence-corrected chi connectivity index (χ3v) is 37.2. The van der Waals surface area contributed by atoms with Gasteiger partial charge in [-0.2, -0.15) is 0 Å². The Morgan fingerprint density at radius 2 is 0.458 bits per heavy atom. The molecule has 0 bridgehead atoms. The fraction of sp³-hybridized carbons (Fsp3) is 0.0294. The highest BCUT2D eigenvalue weighted by Crippen LogP contribution is 2.70. The molecule has 0 fully saturated rings. The van der Waals surface area contributed by atoms with Gasteiger partial charge in [0.25, 0.3) is 0 Å². The van der Waals surface area contributed by atoms with Gasteiger partial charge < -0.3 is 19.3 Å². The first-order chi connectivity index (χ1) is 71.3. The van der Waals surface area contributed by atoms with Gasteiger partial charge in [-0.15, -0.1) is 22.7 Å². The third kappa shape index (κ3) is 10.9. The number of fused-ring (bicyclic) bond motifs is 42. The van der Waals surface area contributed by atoms with Crippen LogP contribution in [0.1, 0.15) is 89.0 Å². The Bertz CT molecular complexity index is 9610. The molecule has 8 aliphatic rings. The molecule has 24 aromatic rings. The molecule has 2 aromatic heterocycles. The largest absolute Gasteiger partial charge is 0.457 e. The Hall–Kier alpha value is -16.8. The molecule has 6 heterocycles. The summed E-state index contributed by atoms with van der Waals surface area (Å²) < 4.78 is 19.4. The predicted octanol–water partition coefficient (Wildman–Crippen LogP) is 37.0. The Labute approximate surface area is 849 Å². The molecule has 670 valence electrons. The van der Waals surface area contributed by atoms with Crippen LogP contribution in [0.2, 0.25) is 0 Å². The van der Waals surface area contributed by atoms with Gasteiger partial charge in [0.15, 0.2) is 0 Å². The third-order valence-electron chi connectivity index (χ3n) is 32.6. The number of rotatable bonds is 9. The van der Waals surface area contributed by atoms with Crippen molar-refractivity contribution < 1.29 is 9.47 Å². The van der Waals surface area contributed by atoms with Gasteiger partial charge in [-0.25, -0.2) is 0 Å². The van der Waals surface area contributed by atoms with Crippen molar-refractivity contribution >= 4 is 121 Å². The lowest BCUT2D eigenvalue weighted by Gasteiger charge is -2.40. The van der Waals surface area contributed by atoms with Gasteiger partial charge in [0.05, 0.1) is 21.7 Å².